The first-order valence-corrected chi connectivity index (χ1v) is 7.22. The van der Waals surface area contributed by atoms with Crippen molar-refractivity contribution in [3.63, 3.8) is 0 Å². The van der Waals surface area contributed by atoms with Gasteiger partial charge in [-0.15, -0.1) is 0 Å². The Morgan fingerprint density at radius 1 is 1.32 bits per heavy atom. The van der Waals surface area contributed by atoms with Gasteiger partial charge in [0.25, 0.3) is 6.08 Å². The molecule has 1 nitrogen and oxygen atoms in total. The van der Waals surface area contributed by atoms with E-state index in [-0.39, 0.29) is 16.6 Å². The second-order valence-corrected chi connectivity index (χ2v) is 5.57. The van der Waals surface area contributed by atoms with E-state index >= 15 is 0 Å². The largest absolute Gasteiger partial charge is 0.288 e. The molecule has 104 valence electrons. The van der Waals surface area contributed by atoms with E-state index in [9.17, 15) is 13.6 Å². The minimum Gasteiger partial charge on any atom is -0.288 e. The molecule has 19 heavy (non-hydrogen) atoms. The molecule has 4 heteroatoms. The Morgan fingerprint density at radius 3 is 2.47 bits per heavy atom. The first kappa shape index (κ1) is 15.9. The molecule has 0 aromatic heterocycles. The lowest BCUT2D eigenvalue weighted by atomic mass is 9.90. The Balaban J connectivity index is 3.17. The third kappa shape index (κ3) is 4.46. The lowest BCUT2D eigenvalue weighted by Crippen LogP contribution is -2.02. The zero-order valence-electron chi connectivity index (χ0n) is 11.4. The van der Waals surface area contributed by atoms with E-state index < -0.39 is 6.08 Å². The zero-order valence-corrected chi connectivity index (χ0v) is 12.2. The smallest absolute Gasteiger partial charge is 0.274 e. The topological polar surface area (TPSA) is 17.1 Å². The molecule has 0 saturated carbocycles. The summed E-state index contributed by atoms with van der Waals surface area (Å²) in [5.74, 6) is 0.229. The number of rotatable bonds is 5. The molecule has 0 saturated heterocycles. The summed E-state index contributed by atoms with van der Waals surface area (Å²) < 4.78 is 26.4. The van der Waals surface area contributed by atoms with Crippen LogP contribution in [0.15, 0.2) is 30.3 Å². The Morgan fingerprint density at radius 2 is 1.95 bits per heavy atom. The lowest BCUT2D eigenvalue weighted by molar-refractivity contribution is -0.109. The molecular weight excluding hydrogens is 266 g/mol. The predicted molar refractivity (Wildman–Crippen MR) is 77.0 cm³/mol. The molecule has 0 N–H and O–H groups in total. The Kier molecular flexibility index (Phi) is 6.22. The van der Waals surface area contributed by atoms with E-state index in [2.05, 4.69) is 0 Å². The Hall–Kier alpha value is -1.16. The summed E-state index contributed by atoms with van der Waals surface area (Å²) >= 11 is 1.14. The minimum absolute atomic E-state index is 0.00964. The maximum absolute atomic E-state index is 13.2. The van der Waals surface area contributed by atoms with Gasteiger partial charge < -0.3 is 0 Å². The van der Waals surface area contributed by atoms with E-state index in [0.717, 1.165) is 17.3 Å². The van der Waals surface area contributed by atoms with Crippen molar-refractivity contribution >= 4 is 22.5 Å². The van der Waals surface area contributed by atoms with Gasteiger partial charge in [0.2, 0.25) is 0 Å². The Labute approximate surface area is 117 Å². The Bertz CT molecular complexity index is 479. The molecule has 0 bridgehead atoms. The van der Waals surface area contributed by atoms with Gasteiger partial charge in [0.15, 0.2) is 5.12 Å². The molecular formula is C15H18F2OS. The van der Waals surface area contributed by atoms with E-state index in [1.54, 1.807) is 25.1 Å². The molecule has 0 fully saturated rings. The second-order valence-electron chi connectivity index (χ2n) is 4.42. The maximum Gasteiger partial charge on any atom is 0.274 e. The number of thioether (sulfide) groups is 1. The fourth-order valence-corrected chi connectivity index (χ4v) is 2.46. The van der Waals surface area contributed by atoms with Crippen LogP contribution in [0.3, 0.4) is 0 Å². The van der Waals surface area contributed by atoms with Crippen LogP contribution in [0.25, 0.3) is 5.57 Å². The SMILES string of the molecule is CCC(C)C(=C(F)F)c1ccccc1CSC(C)=O. The van der Waals surface area contributed by atoms with Gasteiger partial charge in [-0.05, 0) is 23.5 Å². The highest BCUT2D eigenvalue weighted by Crippen LogP contribution is 2.33. The summed E-state index contributed by atoms with van der Waals surface area (Å²) in [7, 11) is 0. The van der Waals surface area contributed by atoms with Crippen LogP contribution < -0.4 is 0 Å². The van der Waals surface area contributed by atoms with Crippen LogP contribution in [-0.2, 0) is 10.5 Å². The van der Waals surface area contributed by atoms with Crippen LogP contribution in [0.2, 0.25) is 0 Å². The molecule has 0 spiro atoms. The van der Waals surface area contributed by atoms with Crippen molar-refractivity contribution in [3.8, 4) is 0 Å². The zero-order chi connectivity index (χ0) is 14.4. The number of carbonyl (C=O) groups is 1. The maximum atomic E-state index is 13.2. The van der Waals surface area contributed by atoms with Gasteiger partial charge in [0.05, 0.1) is 0 Å². The third-order valence-electron chi connectivity index (χ3n) is 3.05. The molecule has 0 heterocycles. The molecule has 0 aliphatic rings. The number of hydrogen-bond acceptors (Lipinski definition) is 2. The van der Waals surface area contributed by atoms with Crippen LogP contribution in [-0.4, -0.2) is 5.12 Å². The highest BCUT2D eigenvalue weighted by molar-refractivity contribution is 8.12. The normalized spacial score (nSPS) is 12.1. The second kappa shape index (κ2) is 7.43. The fourth-order valence-electron chi connectivity index (χ4n) is 1.85. The number of hydrogen-bond donors (Lipinski definition) is 0. The van der Waals surface area contributed by atoms with Crippen LogP contribution in [0.1, 0.15) is 38.3 Å². The standard InChI is InChI=1S/C15H18F2OS/c1-4-10(2)14(15(16)17)13-8-6-5-7-12(13)9-19-11(3)18/h5-8,10H,4,9H2,1-3H3. The van der Waals surface area contributed by atoms with Crippen molar-refractivity contribution < 1.29 is 13.6 Å². The van der Waals surface area contributed by atoms with E-state index in [0.29, 0.717) is 17.7 Å². The van der Waals surface area contributed by atoms with Crippen molar-refractivity contribution in [2.45, 2.75) is 32.9 Å². The highest BCUT2D eigenvalue weighted by atomic mass is 32.2. The summed E-state index contributed by atoms with van der Waals surface area (Å²) in [5, 5.41) is -0.00964. The van der Waals surface area contributed by atoms with Crippen molar-refractivity contribution in [1.82, 2.24) is 0 Å². The van der Waals surface area contributed by atoms with Gasteiger partial charge in [0.1, 0.15) is 0 Å². The molecule has 1 aromatic carbocycles. The monoisotopic (exact) mass is 284 g/mol. The van der Waals surface area contributed by atoms with Crippen LogP contribution in [0.5, 0.6) is 0 Å². The first-order valence-electron chi connectivity index (χ1n) is 6.24. The van der Waals surface area contributed by atoms with Gasteiger partial charge >= 0.3 is 0 Å². The van der Waals surface area contributed by atoms with Crippen LogP contribution >= 0.6 is 11.8 Å². The van der Waals surface area contributed by atoms with E-state index in [4.69, 9.17) is 0 Å². The van der Waals surface area contributed by atoms with Gasteiger partial charge in [-0.2, -0.15) is 8.78 Å². The van der Waals surface area contributed by atoms with Gasteiger partial charge in [-0.3, -0.25) is 4.79 Å². The molecule has 1 aromatic rings. The lowest BCUT2D eigenvalue weighted by Gasteiger charge is -2.16. The van der Waals surface area contributed by atoms with Gasteiger partial charge in [-0.25, -0.2) is 0 Å². The van der Waals surface area contributed by atoms with Crippen molar-refractivity contribution in [3.05, 3.63) is 41.5 Å². The predicted octanol–water partition coefficient (Wildman–Crippen LogP) is 5.12. The van der Waals surface area contributed by atoms with Crippen LogP contribution in [0, 0.1) is 5.92 Å². The summed E-state index contributed by atoms with van der Waals surface area (Å²) in [6.45, 7) is 5.17. The average Bonchev–Trinajstić information content (AvgIpc) is 2.37. The molecule has 1 atom stereocenters. The van der Waals surface area contributed by atoms with Gasteiger partial charge in [0, 0.05) is 18.2 Å². The third-order valence-corrected chi connectivity index (χ3v) is 3.91. The quantitative estimate of drug-likeness (QED) is 0.746. The number of benzene rings is 1. The number of carbonyl (C=O) groups excluding carboxylic acids is 1. The molecule has 0 amide bonds. The van der Waals surface area contributed by atoms with Gasteiger partial charge in [-0.1, -0.05) is 49.9 Å². The summed E-state index contributed by atoms with van der Waals surface area (Å²) in [5.41, 5.74) is 1.44. The molecule has 1 unspecified atom stereocenters. The summed E-state index contributed by atoms with van der Waals surface area (Å²) in [4.78, 5) is 11.0. The van der Waals surface area contributed by atoms with Crippen LogP contribution in [0.4, 0.5) is 8.78 Å². The minimum atomic E-state index is -1.63. The fraction of sp³-hybridized carbons (Fsp3) is 0.400. The van der Waals surface area contributed by atoms with Crippen molar-refractivity contribution in [1.29, 1.82) is 0 Å². The first-order chi connectivity index (χ1) is 8.97. The number of allylic oxidation sites excluding steroid dienone is 1. The summed E-state index contributed by atoms with van der Waals surface area (Å²) in [6.07, 6.45) is -0.976. The van der Waals surface area contributed by atoms with Crippen molar-refractivity contribution in [2.24, 2.45) is 5.92 Å². The van der Waals surface area contributed by atoms with Crippen molar-refractivity contribution in [2.75, 3.05) is 0 Å². The molecule has 0 aliphatic carbocycles. The molecule has 1 rings (SSSR count). The molecule has 0 aliphatic heterocycles. The van der Waals surface area contributed by atoms with E-state index in [1.165, 1.54) is 6.92 Å². The molecule has 0 radical (unpaired) electrons. The number of halogens is 2. The summed E-state index contributed by atoms with van der Waals surface area (Å²) in [6, 6.07) is 7.07. The highest BCUT2D eigenvalue weighted by Gasteiger charge is 2.18. The average molecular weight is 284 g/mol. The van der Waals surface area contributed by atoms with E-state index in [1.807, 2.05) is 13.0 Å².